The molecule has 0 N–H and O–H groups in total. The Morgan fingerprint density at radius 2 is 1.86 bits per heavy atom. The number of furan rings is 1. The van der Waals surface area contributed by atoms with Crippen LogP contribution in [0.15, 0.2) is 57.8 Å². The van der Waals surface area contributed by atoms with Crippen molar-refractivity contribution in [1.82, 2.24) is 0 Å². The number of hydrogen-bond acceptors (Lipinski definition) is 6. The van der Waals surface area contributed by atoms with Crippen LogP contribution in [0.1, 0.15) is 90.6 Å². The highest BCUT2D eigenvalue weighted by Gasteiger charge is 2.69. The quantitative estimate of drug-likeness (QED) is 0.206. The smallest absolute Gasteiger partial charge is 0.374 e. The van der Waals surface area contributed by atoms with E-state index in [2.05, 4.69) is 53.7 Å². The lowest BCUT2D eigenvalue weighted by Gasteiger charge is -2.67. The largest absolute Gasteiger partial charge is 0.469 e. The maximum Gasteiger partial charge on any atom is 0.374 e. The average molecular weight is 575 g/mol. The fourth-order valence-corrected chi connectivity index (χ4v) is 10.6. The lowest BCUT2D eigenvalue weighted by atomic mass is 9.36. The minimum absolute atomic E-state index is 0.0407. The lowest BCUT2D eigenvalue weighted by molar-refractivity contribution is -0.171. The number of carbonyl (C=O) groups excluding carboxylic acids is 3. The summed E-state index contributed by atoms with van der Waals surface area (Å²) < 4.78 is 16.5. The van der Waals surface area contributed by atoms with Gasteiger partial charge < -0.3 is 13.9 Å². The minimum atomic E-state index is -0.584. The summed E-state index contributed by atoms with van der Waals surface area (Å²) in [5, 5.41) is 0. The van der Waals surface area contributed by atoms with Crippen molar-refractivity contribution < 1.29 is 28.3 Å². The molecule has 5 aliphatic rings. The van der Waals surface area contributed by atoms with Gasteiger partial charge >= 0.3 is 11.9 Å². The van der Waals surface area contributed by atoms with Crippen molar-refractivity contribution in [2.75, 3.05) is 13.7 Å². The molecule has 0 amide bonds. The molecule has 0 aromatic carbocycles. The van der Waals surface area contributed by atoms with Crippen molar-refractivity contribution in [3.8, 4) is 0 Å². The Morgan fingerprint density at radius 1 is 1.10 bits per heavy atom. The molecule has 1 heterocycles. The van der Waals surface area contributed by atoms with Crippen LogP contribution in [0.25, 0.3) is 0 Å². The van der Waals surface area contributed by atoms with E-state index < -0.39 is 22.2 Å². The standard InChI is InChI=1S/C36H46O6/c1-22-12-15-36(31(39)40-7)17-16-33(4)25(29(36)23(22)2)10-11-28-34(33,5)14-13-27-32(3,19-24(20-37)35(27,28)6)21-42-30(38)26-9-8-18-41-26/h8-10,13,18-20,22-23,28-29H,11-12,14-17,21H2,1-7H3/t22-,23+,28+,29-,32+,33-,34-,35+,36+/m1/s1. The zero-order valence-corrected chi connectivity index (χ0v) is 26.3. The Balaban J connectivity index is 1.39. The number of carbonyl (C=O) groups is 3. The van der Waals surface area contributed by atoms with E-state index in [1.807, 2.05) is 6.08 Å². The first-order valence-corrected chi connectivity index (χ1v) is 15.7. The number of allylic oxidation sites excluding steroid dienone is 4. The van der Waals surface area contributed by atoms with Crippen LogP contribution in [-0.2, 0) is 19.1 Å². The third kappa shape index (κ3) is 3.59. The molecule has 1 aromatic heterocycles. The summed E-state index contributed by atoms with van der Waals surface area (Å²) in [7, 11) is 1.54. The van der Waals surface area contributed by atoms with E-state index in [4.69, 9.17) is 13.9 Å². The summed E-state index contributed by atoms with van der Waals surface area (Å²) in [5.41, 5.74) is 1.65. The first-order chi connectivity index (χ1) is 19.8. The predicted octanol–water partition coefficient (Wildman–Crippen LogP) is 7.51. The molecule has 0 saturated heterocycles. The Kier molecular flexibility index (Phi) is 6.64. The fourth-order valence-electron chi connectivity index (χ4n) is 10.6. The molecule has 5 aliphatic carbocycles. The van der Waals surface area contributed by atoms with Gasteiger partial charge in [0.15, 0.2) is 0 Å². The highest BCUT2D eigenvalue weighted by atomic mass is 16.5. The zero-order chi connectivity index (χ0) is 30.3. The molecule has 6 nitrogen and oxygen atoms in total. The van der Waals surface area contributed by atoms with Crippen LogP contribution in [0.2, 0.25) is 0 Å². The number of aldehydes is 1. The van der Waals surface area contributed by atoms with Crippen molar-refractivity contribution in [3.63, 3.8) is 0 Å². The number of fused-ring (bicyclic) bond motifs is 7. The average Bonchev–Trinajstić information content (AvgIpc) is 3.59. The first-order valence-electron chi connectivity index (χ1n) is 15.7. The summed E-state index contributed by atoms with van der Waals surface area (Å²) in [6, 6.07) is 3.27. The summed E-state index contributed by atoms with van der Waals surface area (Å²) in [6.07, 6.45) is 14.8. The van der Waals surface area contributed by atoms with Crippen LogP contribution < -0.4 is 0 Å². The fraction of sp³-hybridized carbons (Fsp3) is 0.639. The van der Waals surface area contributed by atoms with Crippen LogP contribution in [0.5, 0.6) is 0 Å². The van der Waals surface area contributed by atoms with Gasteiger partial charge in [-0.3, -0.25) is 9.59 Å². The van der Waals surface area contributed by atoms with E-state index in [1.54, 1.807) is 19.2 Å². The van der Waals surface area contributed by atoms with Gasteiger partial charge in [0, 0.05) is 10.8 Å². The third-order valence-corrected chi connectivity index (χ3v) is 13.3. The molecule has 42 heavy (non-hydrogen) atoms. The number of hydrogen-bond donors (Lipinski definition) is 0. The molecule has 9 atom stereocenters. The number of rotatable bonds is 5. The zero-order valence-electron chi connectivity index (χ0n) is 26.3. The van der Waals surface area contributed by atoms with Gasteiger partial charge in [-0.1, -0.05) is 64.0 Å². The molecule has 2 saturated carbocycles. The molecule has 6 rings (SSSR count). The SMILES string of the molecule is COC(=O)[C@]12CC[C@@H](C)[C@H](C)[C@@H]1C1=CC[C@@H]3[C@@]4(C)C(C=O)=C[C@@](C)(COC(=O)c5ccco5)C4=CC[C@@]3(C)[C@]1(C)CC2. The van der Waals surface area contributed by atoms with Crippen molar-refractivity contribution in [2.24, 2.45) is 50.7 Å². The number of esters is 2. The van der Waals surface area contributed by atoms with Crippen molar-refractivity contribution >= 4 is 18.2 Å². The second kappa shape index (κ2) is 9.56. The van der Waals surface area contributed by atoms with Gasteiger partial charge in [0.2, 0.25) is 5.76 Å². The van der Waals surface area contributed by atoms with Gasteiger partial charge in [-0.15, -0.1) is 0 Å². The molecular formula is C36H46O6. The van der Waals surface area contributed by atoms with Crippen LogP contribution in [0.4, 0.5) is 0 Å². The van der Waals surface area contributed by atoms with Gasteiger partial charge in [-0.2, -0.15) is 0 Å². The third-order valence-electron chi connectivity index (χ3n) is 13.3. The van der Waals surface area contributed by atoms with E-state index in [9.17, 15) is 14.4 Å². The molecule has 6 heteroatoms. The van der Waals surface area contributed by atoms with Gasteiger partial charge in [-0.25, -0.2) is 4.79 Å². The van der Waals surface area contributed by atoms with E-state index in [-0.39, 0.29) is 41.0 Å². The van der Waals surface area contributed by atoms with Crippen LogP contribution in [0, 0.1) is 50.7 Å². The number of ether oxygens (including phenoxy) is 2. The van der Waals surface area contributed by atoms with Crippen molar-refractivity contribution in [1.29, 1.82) is 0 Å². The molecular weight excluding hydrogens is 528 g/mol. The van der Waals surface area contributed by atoms with Crippen LogP contribution in [-0.4, -0.2) is 31.9 Å². The Morgan fingerprint density at radius 3 is 2.52 bits per heavy atom. The van der Waals surface area contributed by atoms with Gasteiger partial charge in [-0.05, 0) is 97.7 Å². The van der Waals surface area contributed by atoms with Crippen molar-refractivity contribution in [2.45, 2.75) is 80.1 Å². The number of methoxy groups -OCH3 is 1. The molecule has 1 aromatic rings. The lowest BCUT2D eigenvalue weighted by Crippen LogP contribution is -2.62. The highest BCUT2D eigenvalue weighted by molar-refractivity contribution is 5.86. The van der Waals surface area contributed by atoms with Gasteiger partial charge in [0.05, 0.1) is 18.8 Å². The Hall–Kier alpha value is -2.89. The Labute approximate surface area is 250 Å². The van der Waals surface area contributed by atoms with Gasteiger partial charge in [0.1, 0.15) is 12.9 Å². The maximum atomic E-state index is 13.5. The summed E-state index contributed by atoms with van der Waals surface area (Å²) in [5.74, 6) is 0.926. The highest BCUT2D eigenvalue weighted by Crippen LogP contribution is 2.75. The molecule has 0 aliphatic heterocycles. The van der Waals surface area contributed by atoms with Crippen LogP contribution >= 0.6 is 0 Å². The normalized spacial score (nSPS) is 43.8. The molecule has 0 radical (unpaired) electrons. The summed E-state index contributed by atoms with van der Waals surface area (Å²) >= 11 is 0. The predicted molar refractivity (Wildman–Crippen MR) is 159 cm³/mol. The van der Waals surface area contributed by atoms with E-state index in [1.165, 1.54) is 17.4 Å². The summed E-state index contributed by atoms with van der Waals surface area (Å²) in [6.45, 7) is 14.0. The van der Waals surface area contributed by atoms with E-state index >= 15 is 0 Å². The molecule has 0 bridgehead atoms. The monoisotopic (exact) mass is 574 g/mol. The summed E-state index contributed by atoms with van der Waals surface area (Å²) in [4.78, 5) is 38.9. The minimum Gasteiger partial charge on any atom is -0.469 e. The Bertz CT molecular complexity index is 1400. The second-order valence-electron chi connectivity index (χ2n) is 14.9. The maximum absolute atomic E-state index is 13.5. The molecule has 2 fully saturated rings. The van der Waals surface area contributed by atoms with E-state index in [0.29, 0.717) is 11.8 Å². The molecule has 0 spiro atoms. The molecule has 226 valence electrons. The van der Waals surface area contributed by atoms with Gasteiger partial charge in [0.25, 0.3) is 0 Å². The first kappa shape index (κ1) is 29.2. The molecule has 0 unspecified atom stereocenters. The van der Waals surface area contributed by atoms with Crippen LogP contribution in [0.3, 0.4) is 0 Å². The van der Waals surface area contributed by atoms with Crippen molar-refractivity contribution in [3.05, 3.63) is 59.1 Å². The topological polar surface area (TPSA) is 82.8 Å². The second-order valence-corrected chi connectivity index (χ2v) is 14.9. The van der Waals surface area contributed by atoms with E-state index in [0.717, 1.165) is 50.4 Å².